The Hall–Kier alpha value is -1.88. The smallest absolute Gasteiger partial charge is 0.341 e. The van der Waals surface area contributed by atoms with E-state index in [1.54, 1.807) is 36.6 Å². The van der Waals surface area contributed by atoms with Crippen molar-refractivity contribution in [2.45, 2.75) is 32.2 Å². The molecule has 1 aliphatic carbocycles. The van der Waals surface area contributed by atoms with E-state index in [0.29, 0.717) is 18.0 Å². The summed E-state index contributed by atoms with van der Waals surface area (Å²) < 4.78 is 5.10. The number of esters is 1. The lowest BCUT2D eigenvalue weighted by Crippen LogP contribution is -2.18. The molecular weight excluding hydrogens is 284 g/mol. The van der Waals surface area contributed by atoms with E-state index in [1.807, 2.05) is 0 Å². The second-order valence-corrected chi connectivity index (χ2v) is 6.01. The number of carbonyl (C=O) groups is 1. The van der Waals surface area contributed by atoms with Crippen LogP contribution in [0.2, 0.25) is 0 Å². The topological polar surface area (TPSA) is 51.2 Å². The highest BCUT2D eigenvalue weighted by molar-refractivity contribution is 7.10. The van der Waals surface area contributed by atoms with Gasteiger partial charge in [0, 0.05) is 11.1 Å². The van der Waals surface area contributed by atoms with Crippen LogP contribution in [0, 0.1) is 0 Å². The maximum atomic E-state index is 12.0. The minimum absolute atomic E-state index is 0.225. The molecule has 5 heteroatoms. The summed E-state index contributed by atoms with van der Waals surface area (Å²) in [5.74, 6) is 0.287. The molecule has 21 heavy (non-hydrogen) atoms. The standard InChI is InChI=1S/C16H18N2O2S/c1-2-20-16(19)12-5-4-9-17-15(12)18-13-6-3-7-14-11(13)8-10-21-14/h4-5,8-10,13H,2-3,6-7H2,1H3,(H,17,18). The fraction of sp³-hybridized carbons (Fsp3) is 0.375. The lowest BCUT2D eigenvalue weighted by Gasteiger charge is -2.24. The van der Waals surface area contributed by atoms with Crippen molar-refractivity contribution in [3.8, 4) is 0 Å². The third-order valence-electron chi connectivity index (χ3n) is 3.67. The number of hydrogen-bond donors (Lipinski definition) is 1. The Morgan fingerprint density at radius 1 is 1.52 bits per heavy atom. The Bertz CT molecular complexity index is 639. The van der Waals surface area contributed by atoms with Crippen LogP contribution < -0.4 is 5.32 Å². The fourth-order valence-electron chi connectivity index (χ4n) is 2.70. The molecule has 1 unspecified atom stereocenters. The Kier molecular flexibility index (Phi) is 4.20. The highest BCUT2D eigenvalue weighted by atomic mass is 32.1. The van der Waals surface area contributed by atoms with E-state index in [2.05, 4.69) is 21.7 Å². The van der Waals surface area contributed by atoms with Gasteiger partial charge in [0.25, 0.3) is 0 Å². The Labute approximate surface area is 128 Å². The molecule has 110 valence electrons. The minimum Gasteiger partial charge on any atom is -0.462 e. The zero-order valence-electron chi connectivity index (χ0n) is 12.0. The van der Waals surface area contributed by atoms with Gasteiger partial charge in [-0.15, -0.1) is 11.3 Å². The summed E-state index contributed by atoms with van der Waals surface area (Å²) in [6, 6.07) is 5.91. The lowest BCUT2D eigenvalue weighted by atomic mass is 9.94. The van der Waals surface area contributed by atoms with Crippen molar-refractivity contribution in [2.24, 2.45) is 0 Å². The largest absolute Gasteiger partial charge is 0.462 e. The summed E-state index contributed by atoms with van der Waals surface area (Å²) >= 11 is 1.81. The van der Waals surface area contributed by atoms with Gasteiger partial charge in [-0.2, -0.15) is 0 Å². The monoisotopic (exact) mass is 302 g/mol. The van der Waals surface area contributed by atoms with Gasteiger partial charge in [-0.25, -0.2) is 9.78 Å². The van der Waals surface area contributed by atoms with Crippen LogP contribution in [0.4, 0.5) is 5.82 Å². The molecule has 0 saturated heterocycles. The molecule has 0 aromatic carbocycles. The third kappa shape index (κ3) is 2.93. The van der Waals surface area contributed by atoms with E-state index in [1.165, 1.54) is 10.4 Å². The first kappa shape index (κ1) is 14.1. The Morgan fingerprint density at radius 3 is 3.29 bits per heavy atom. The second kappa shape index (κ2) is 6.26. The van der Waals surface area contributed by atoms with Gasteiger partial charge in [0.15, 0.2) is 0 Å². The summed E-state index contributed by atoms with van der Waals surface area (Å²) in [7, 11) is 0. The van der Waals surface area contributed by atoms with E-state index in [9.17, 15) is 4.79 Å². The summed E-state index contributed by atoms with van der Waals surface area (Å²) in [6.45, 7) is 2.17. The lowest BCUT2D eigenvalue weighted by molar-refractivity contribution is 0.0527. The molecule has 1 N–H and O–H groups in total. The summed E-state index contributed by atoms with van der Waals surface area (Å²) in [4.78, 5) is 17.8. The van der Waals surface area contributed by atoms with Crippen molar-refractivity contribution in [1.82, 2.24) is 4.98 Å². The minimum atomic E-state index is -0.325. The van der Waals surface area contributed by atoms with Crippen molar-refractivity contribution >= 4 is 23.1 Å². The first-order valence-corrected chi connectivity index (χ1v) is 8.12. The zero-order chi connectivity index (χ0) is 14.7. The number of anilines is 1. The number of aryl methyl sites for hydroxylation is 1. The molecule has 1 atom stereocenters. The molecule has 0 saturated carbocycles. The SMILES string of the molecule is CCOC(=O)c1cccnc1NC1CCCc2sccc21. The molecule has 1 aliphatic rings. The molecule has 0 amide bonds. The fourth-order valence-corrected chi connectivity index (χ4v) is 3.68. The molecule has 0 radical (unpaired) electrons. The molecule has 0 spiro atoms. The van der Waals surface area contributed by atoms with Gasteiger partial charge < -0.3 is 10.1 Å². The van der Waals surface area contributed by atoms with Crippen LogP contribution >= 0.6 is 11.3 Å². The number of ether oxygens (including phenoxy) is 1. The van der Waals surface area contributed by atoms with Crippen molar-refractivity contribution < 1.29 is 9.53 Å². The first-order chi connectivity index (χ1) is 10.3. The van der Waals surface area contributed by atoms with Crippen LogP contribution in [0.5, 0.6) is 0 Å². The van der Waals surface area contributed by atoms with Crippen molar-refractivity contribution in [3.63, 3.8) is 0 Å². The van der Waals surface area contributed by atoms with Gasteiger partial charge in [0.05, 0.1) is 12.6 Å². The van der Waals surface area contributed by atoms with E-state index < -0.39 is 0 Å². The number of carbonyl (C=O) groups excluding carboxylic acids is 1. The maximum absolute atomic E-state index is 12.0. The van der Waals surface area contributed by atoms with Crippen LogP contribution in [0.15, 0.2) is 29.8 Å². The van der Waals surface area contributed by atoms with E-state index in [0.717, 1.165) is 19.3 Å². The number of thiophene rings is 1. The van der Waals surface area contributed by atoms with Crippen molar-refractivity contribution in [1.29, 1.82) is 0 Å². The highest BCUT2D eigenvalue weighted by Gasteiger charge is 2.23. The van der Waals surface area contributed by atoms with Gasteiger partial charge in [-0.1, -0.05) is 0 Å². The van der Waals surface area contributed by atoms with Gasteiger partial charge in [0.2, 0.25) is 0 Å². The molecule has 0 fully saturated rings. The summed E-state index contributed by atoms with van der Waals surface area (Å²) in [6.07, 6.45) is 5.07. The Balaban J connectivity index is 1.85. The Morgan fingerprint density at radius 2 is 2.43 bits per heavy atom. The average molecular weight is 302 g/mol. The number of hydrogen-bond acceptors (Lipinski definition) is 5. The van der Waals surface area contributed by atoms with Gasteiger partial charge in [-0.3, -0.25) is 0 Å². The van der Waals surface area contributed by atoms with Crippen LogP contribution in [0.1, 0.15) is 46.6 Å². The van der Waals surface area contributed by atoms with Crippen molar-refractivity contribution in [2.75, 3.05) is 11.9 Å². The summed E-state index contributed by atoms with van der Waals surface area (Å²) in [5, 5.41) is 5.56. The number of pyridine rings is 1. The molecule has 3 rings (SSSR count). The average Bonchev–Trinajstić information content (AvgIpc) is 2.97. The molecular formula is C16H18N2O2S. The van der Waals surface area contributed by atoms with E-state index in [-0.39, 0.29) is 12.0 Å². The predicted molar refractivity (Wildman–Crippen MR) is 83.8 cm³/mol. The number of nitrogens with zero attached hydrogens (tertiary/aromatic N) is 1. The summed E-state index contributed by atoms with van der Waals surface area (Å²) in [5.41, 5.74) is 1.84. The quantitative estimate of drug-likeness (QED) is 0.873. The molecule has 0 aliphatic heterocycles. The molecule has 2 aromatic heterocycles. The van der Waals surface area contributed by atoms with Gasteiger partial charge in [-0.05, 0) is 55.3 Å². The first-order valence-electron chi connectivity index (χ1n) is 7.24. The zero-order valence-corrected chi connectivity index (χ0v) is 12.8. The number of nitrogens with one attached hydrogen (secondary N) is 1. The van der Waals surface area contributed by atoms with Crippen LogP contribution in [-0.2, 0) is 11.2 Å². The van der Waals surface area contributed by atoms with Crippen LogP contribution in [-0.4, -0.2) is 17.6 Å². The molecule has 4 nitrogen and oxygen atoms in total. The van der Waals surface area contributed by atoms with Crippen LogP contribution in [0.25, 0.3) is 0 Å². The normalized spacial score (nSPS) is 17.1. The molecule has 2 aromatic rings. The van der Waals surface area contributed by atoms with Crippen molar-refractivity contribution in [3.05, 3.63) is 45.8 Å². The molecule has 2 heterocycles. The van der Waals surface area contributed by atoms with Gasteiger partial charge in [0.1, 0.15) is 11.4 Å². The third-order valence-corrected chi connectivity index (χ3v) is 4.66. The highest BCUT2D eigenvalue weighted by Crippen LogP contribution is 2.35. The van der Waals surface area contributed by atoms with E-state index in [4.69, 9.17) is 4.74 Å². The number of aromatic nitrogens is 1. The molecule has 0 bridgehead atoms. The van der Waals surface area contributed by atoms with E-state index >= 15 is 0 Å². The maximum Gasteiger partial charge on any atom is 0.341 e. The number of fused-ring (bicyclic) bond motifs is 1. The predicted octanol–water partition coefficient (Wildman–Crippen LogP) is 3.81. The van der Waals surface area contributed by atoms with Crippen LogP contribution in [0.3, 0.4) is 0 Å². The number of rotatable bonds is 4. The second-order valence-electron chi connectivity index (χ2n) is 5.01. The van der Waals surface area contributed by atoms with Gasteiger partial charge >= 0.3 is 5.97 Å².